The van der Waals surface area contributed by atoms with Gasteiger partial charge < -0.3 is 15.2 Å². The molecule has 0 spiro atoms. The zero-order valence-electron chi connectivity index (χ0n) is 18.4. The molecule has 1 aliphatic heterocycles. The third-order valence-corrected chi connectivity index (χ3v) is 7.46. The fourth-order valence-electron chi connectivity index (χ4n) is 3.90. The lowest BCUT2D eigenvalue weighted by atomic mass is 10.1. The average molecular weight is 532 g/mol. The van der Waals surface area contributed by atoms with Gasteiger partial charge in [0, 0.05) is 54.0 Å². The third-order valence-electron chi connectivity index (χ3n) is 5.64. The molecule has 0 amide bonds. The predicted octanol–water partition coefficient (Wildman–Crippen LogP) is 6.47. The van der Waals surface area contributed by atoms with Gasteiger partial charge in [0.15, 0.2) is 11.6 Å². The van der Waals surface area contributed by atoms with Crippen LogP contribution in [-0.4, -0.2) is 38.6 Å². The van der Waals surface area contributed by atoms with E-state index >= 15 is 0 Å². The van der Waals surface area contributed by atoms with Crippen molar-refractivity contribution in [3.63, 3.8) is 0 Å². The molecule has 1 fully saturated rings. The van der Waals surface area contributed by atoms with Crippen molar-refractivity contribution in [2.24, 2.45) is 0 Å². The number of thioether (sulfide) groups is 1. The van der Waals surface area contributed by atoms with Crippen molar-refractivity contribution in [3.8, 4) is 11.3 Å². The van der Waals surface area contributed by atoms with Crippen LogP contribution in [0.3, 0.4) is 0 Å². The molecule has 180 valence electrons. The number of aromatic nitrogens is 3. The number of halogens is 4. The summed E-state index contributed by atoms with van der Waals surface area (Å²) in [6, 6.07) is 11.1. The van der Waals surface area contributed by atoms with Crippen LogP contribution in [-0.2, 0) is 6.54 Å². The molecule has 0 radical (unpaired) electrons. The monoisotopic (exact) mass is 531 g/mol. The highest BCUT2D eigenvalue weighted by Gasteiger charge is 2.18. The summed E-state index contributed by atoms with van der Waals surface area (Å²) >= 11 is 15.0. The maximum Gasteiger partial charge on any atom is 0.224 e. The number of rotatable bonds is 6. The van der Waals surface area contributed by atoms with Crippen molar-refractivity contribution >= 4 is 58.1 Å². The maximum atomic E-state index is 13.6. The smallest absolute Gasteiger partial charge is 0.224 e. The molecule has 4 aromatic rings. The van der Waals surface area contributed by atoms with Crippen LogP contribution in [0, 0.1) is 11.6 Å². The zero-order valence-corrected chi connectivity index (χ0v) is 20.8. The molecular formula is C25H21Cl2F2N5S. The van der Waals surface area contributed by atoms with Gasteiger partial charge in [0.2, 0.25) is 5.95 Å². The quantitative estimate of drug-likeness (QED) is 0.298. The number of hydrogen-bond acceptors (Lipinski definition) is 5. The minimum atomic E-state index is -0.893. The Balaban J connectivity index is 1.53. The normalized spacial score (nSPS) is 16.3. The van der Waals surface area contributed by atoms with Crippen LogP contribution < -0.4 is 10.6 Å². The summed E-state index contributed by atoms with van der Waals surface area (Å²) in [5, 5.41) is 8.70. The summed E-state index contributed by atoms with van der Waals surface area (Å²) in [5.74, 6) is -0.366. The van der Waals surface area contributed by atoms with Gasteiger partial charge in [-0.25, -0.2) is 13.8 Å². The van der Waals surface area contributed by atoms with Gasteiger partial charge in [-0.05, 0) is 35.9 Å². The van der Waals surface area contributed by atoms with E-state index in [9.17, 15) is 8.78 Å². The van der Waals surface area contributed by atoms with Crippen molar-refractivity contribution in [2.45, 2.75) is 11.8 Å². The first kappa shape index (κ1) is 24.1. The van der Waals surface area contributed by atoms with Gasteiger partial charge in [-0.2, -0.15) is 16.7 Å². The second-order valence-electron chi connectivity index (χ2n) is 8.03. The standard InChI is InChI=1S/C25H21Cl2F2N5S/c26-18-2-1-3-19(27)23(18)22-11-16-13-32-25(31-12-15-4-5-20(28)21(29)10-15)33-24(16)34(22)8-6-17-14-30-7-9-35-17/h1-6,8,10-11,13,17,30H,7,9,12,14H2,(H,31,32,33)/b8-6-. The molecule has 5 nitrogen and oxygen atoms in total. The number of fused-ring (bicyclic) bond motifs is 1. The first-order valence-corrected chi connectivity index (χ1v) is 12.8. The largest absolute Gasteiger partial charge is 0.350 e. The molecule has 2 aromatic carbocycles. The first-order valence-electron chi connectivity index (χ1n) is 11.0. The van der Waals surface area contributed by atoms with Crippen molar-refractivity contribution in [2.75, 3.05) is 24.2 Å². The first-order chi connectivity index (χ1) is 17.0. The summed E-state index contributed by atoms with van der Waals surface area (Å²) in [5.41, 5.74) is 2.76. The predicted molar refractivity (Wildman–Crippen MR) is 141 cm³/mol. The van der Waals surface area contributed by atoms with E-state index in [0.29, 0.717) is 38.0 Å². The van der Waals surface area contributed by atoms with Gasteiger partial charge in [-0.3, -0.25) is 0 Å². The number of nitrogens with zero attached hydrogens (tertiary/aromatic N) is 3. The highest BCUT2D eigenvalue weighted by molar-refractivity contribution is 8.00. The van der Waals surface area contributed by atoms with Crippen LogP contribution in [0.5, 0.6) is 0 Å². The van der Waals surface area contributed by atoms with Crippen LogP contribution >= 0.6 is 35.0 Å². The summed E-state index contributed by atoms with van der Waals surface area (Å²) in [6.07, 6.45) is 5.85. The Bertz CT molecular complexity index is 1380. The molecule has 1 aliphatic rings. The third kappa shape index (κ3) is 5.30. The van der Waals surface area contributed by atoms with E-state index in [-0.39, 0.29) is 6.54 Å². The molecule has 0 aliphatic carbocycles. The molecular weight excluding hydrogens is 511 g/mol. The summed E-state index contributed by atoms with van der Waals surface area (Å²) < 4.78 is 28.8. The molecule has 1 saturated heterocycles. The summed E-state index contributed by atoms with van der Waals surface area (Å²) in [6.45, 7) is 2.13. The second-order valence-corrected chi connectivity index (χ2v) is 10.2. The topological polar surface area (TPSA) is 54.8 Å². The van der Waals surface area contributed by atoms with Crippen LogP contribution in [0.25, 0.3) is 28.5 Å². The van der Waals surface area contributed by atoms with E-state index < -0.39 is 11.6 Å². The van der Waals surface area contributed by atoms with Crippen molar-refractivity contribution in [3.05, 3.63) is 82.0 Å². The lowest BCUT2D eigenvalue weighted by Gasteiger charge is -2.19. The molecule has 0 saturated carbocycles. The molecule has 2 aromatic heterocycles. The lowest BCUT2D eigenvalue weighted by Crippen LogP contribution is -2.31. The van der Waals surface area contributed by atoms with E-state index in [4.69, 9.17) is 28.2 Å². The Kier molecular flexibility index (Phi) is 7.24. The van der Waals surface area contributed by atoms with E-state index in [0.717, 1.165) is 42.1 Å². The van der Waals surface area contributed by atoms with Gasteiger partial charge in [-0.1, -0.05) is 41.4 Å². The lowest BCUT2D eigenvalue weighted by molar-refractivity contribution is 0.507. The van der Waals surface area contributed by atoms with E-state index in [1.54, 1.807) is 24.4 Å². The summed E-state index contributed by atoms with van der Waals surface area (Å²) in [4.78, 5) is 9.11. The molecule has 1 unspecified atom stereocenters. The van der Waals surface area contributed by atoms with Gasteiger partial charge >= 0.3 is 0 Å². The SMILES string of the molecule is Fc1ccc(CNc2ncc3cc(-c4c(Cl)cccc4Cl)n(/C=C\C4CNCCS4)c3n2)cc1F. The van der Waals surface area contributed by atoms with E-state index in [2.05, 4.69) is 21.7 Å². The molecule has 1 atom stereocenters. The van der Waals surface area contributed by atoms with Gasteiger partial charge in [0.05, 0.1) is 15.7 Å². The Morgan fingerprint density at radius 2 is 1.97 bits per heavy atom. The number of nitrogens with one attached hydrogen (secondary N) is 2. The molecule has 2 N–H and O–H groups in total. The van der Waals surface area contributed by atoms with Crippen LogP contribution in [0.2, 0.25) is 10.0 Å². The highest BCUT2D eigenvalue weighted by Crippen LogP contribution is 2.37. The number of benzene rings is 2. The van der Waals surface area contributed by atoms with Crippen LogP contribution in [0.15, 0.2) is 54.7 Å². The van der Waals surface area contributed by atoms with Crippen LogP contribution in [0.1, 0.15) is 5.56 Å². The van der Waals surface area contributed by atoms with Crippen molar-refractivity contribution < 1.29 is 8.78 Å². The number of hydrogen-bond donors (Lipinski definition) is 2. The fraction of sp³-hybridized carbons (Fsp3) is 0.200. The molecule has 3 heterocycles. The van der Waals surface area contributed by atoms with Gasteiger partial charge in [0.25, 0.3) is 0 Å². The van der Waals surface area contributed by atoms with E-state index in [1.165, 1.54) is 6.07 Å². The Morgan fingerprint density at radius 3 is 2.71 bits per heavy atom. The molecule has 0 bridgehead atoms. The summed E-state index contributed by atoms with van der Waals surface area (Å²) in [7, 11) is 0. The minimum absolute atomic E-state index is 0.243. The molecule has 10 heteroatoms. The maximum absolute atomic E-state index is 13.6. The molecule has 35 heavy (non-hydrogen) atoms. The van der Waals surface area contributed by atoms with Crippen molar-refractivity contribution in [1.29, 1.82) is 0 Å². The zero-order chi connectivity index (χ0) is 24.4. The van der Waals surface area contributed by atoms with Crippen LogP contribution in [0.4, 0.5) is 14.7 Å². The van der Waals surface area contributed by atoms with Crippen molar-refractivity contribution in [1.82, 2.24) is 19.9 Å². The average Bonchev–Trinajstić information content (AvgIpc) is 3.21. The fourth-order valence-corrected chi connectivity index (χ4v) is 5.47. The Hall–Kier alpha value is -2.65. The van der Waals surface area contributed by atoms with Gasteiger partial charge in [0.1, 0.15) is 5.65 Å². The Morgan fingerprint density at radius 1 is 1.14 bits per heavy atom. The molecule has 5 rings (SSSR count). The minimum Gasteiger partial charge on any atom is -0.350 e. The van der Waals surface area contributed by atoms with Gasteiger partial charge in [-0.15, -0.1) is 0 Å². The van der Waals surface area contributed by atoms with E-state index in [1.807, 2.05) is 28.6 Å². The second kappa shape index (κ2) is 10.5. The Labute approximate surface area is 215 Å². The highest BCUT2D eigenvalue weighted by atomic mass is 35.5. The number of anilines is 1.